The summed E-state index contributed by atoms with van der Waals surface area (Å²) < 4.78 is 5.34. The standard InChI is InChI=1S/C17H17ClN4O2/c18-13-11-19-17(21-7-9-24-10-8-21)20-15(13)16(23)22-6-5-12-3-1-2-4-14(12)22/h1-4,11H,5-10H2. The molecular weight excluding hydrogens is 328 g/mol. The van der Waals surface area contributed by atoms with Crippen LogP contribution in [0.3, 0.4) is 0 Å². The molecule has 0 bridgehead atoms. The molecule has 0 N–H and O–H groups in total. The van der Waals surface area contributed by atoms with Gasteiger partial charge in [0.15, 0.2) is 5.69 Å². The zero-order chi connectivity index (χ0) is 16.5. The fraction of sp³-hybridized carbons (Fsp3) is 0.353. The van der Waals surface area contributed by atoms with Crippen molar-refractivity contribution in [2.75, 3.05) is 42.6 Å². The third kappa shape index (κ3) is 2.72. The zero-order valence-electron chi connectivity index (χ0n) is 13.1. The molecule has 0 aliphatic carbocycles. The number of halogens is 1. The van der Waals surface area contributed by atoms with Crippen molar-refractivity contribution < 1.29 is 9.53 Å². The number of carbonyl (C=O) groups is 1. The summed E-state index contributed by atoms with van der Waals surface area (Å²) in [5.41, 5.74) is 2.36. The van der Waals surface area contributed by atoms with Crippen molar-refractivity contribution in [1.82, 2.24) is 9.97 Å². The van der Waals surface area contributed by atoms with Crippen LogP contribution in [0.25, 0.3) is 0 Å². The second-order valence-electron chi connectivity index (χ2n) is 5.80. The molecule has 1 amide bonds. The summed E-state index contributed by atoms with van der Waals surface area (Å²) in [6, 6.07) is 7.92. The highest BCUT2D eigenvalue weighted by atomic mass is 35.5. The molecule has 4 rings (SSSR count). The predicted octanol–water partition coefficient (Wildman–Crippen LogP) is 2.17. The number of para-hydroxylation sites is 1. The Balaban J connectivity index is 1.65. The number of aromatic nitrogens is 2. The van der Waals surface area contributed by atoms with E-state index in [1.165, 1.54) is 11.8 Å². The van der Waals surface area contributed by atoms with Crippen molar-refractivity contribution in [2.45, 2.75) is 6.42 Å². The number of fused-ring (bicyclic) bond motifs is 1. The molecule has 3 heterocycles. The Morgan fingerprint density at radius 2 is 1.96 bits per heavy atom. The van der Waals surface area contributed by atoms with Gasteiger partial charge in [-0.15, -0.1) is 0 Å². The molecule has 1 aromatic heterocycles. The molecule has 0 saturated carbocycles. The predicted molar refractivity (Wildman–Crippen MR) is 91.9 cm³/mol. The molecule has 0 atom stereocenters. The van der Waals surface area contributed by atoms with Crippen LogP contribution >= 0.6 is 11.6 Å². The van der Waals surface area contributed by atoms with Crippen molar-refractivity contribution >= 4 is 29.1 Å². The average molecular weight is 345 g/mol. The Morgan fingerprint density at radius 3 is 2.79 bits per heavy atom. The van der Waals surface area contributed by atoms with E-state index in [2.05, 4.69) is 9.97 Å². The van der Waals surface area contributed by atoms with Crippen molar-refractivity contribution in [3.05, 3.63) is 46.7 Å². The van der Waals surface area contributed by atoms with Gasteiger partial charge in [-0.05, 0) is 18.1 Å². The van der Waals surface area contributed by atoms with E-state index in [9.17, 15) is 4.79 Å². The first-order chi connectivity index (χ1) is 11.7. The topological polar surface area (TPSA) is 58.6 Å². The van der Waals surface area contributed by atoms with Gasteiger partial charge in [0, 0.05) is 25.3 Å². The molecule has 2 aliphatic heterocycles. The first-order valence-electron chi connectivity index (χ1n) is 7.99. The highest BCUT2D eigenvalue weighted by Crippen LogP contribution is 2.30. The van der Waals surface area contributed by atoms with Crippen LogP contribution in [0.4, 0.5) is 11.6 Å². The fourth-order valence-corrected chi connectivity index (χ4v) is 3.27. The van der Waals surface area contributed by atoms with E-state index in [-0.39, 0.29) is 16.6 Å². The van der Waals surface area contributed by atoms with Crippen molar-refractivity contribution in [3.8, 4) is 0 Å². The van der Waals surface area contributed by atoms with E-state index in [0.29, 0.717) is 38.8 Å². The lowest BCUT2D eigenvalue weighted by atomic mass is 10.2. The summed E-state index contributed by atoms with van der Waals surface area (Å²) in [6.07, 6.45) is 2.36. The number of rotatable bonds is 2. The summed E-state index contributed by atoms with van der Waals surface area (Å²) in [5.74, 6) is 0.348. The van der Waals surface area contributed by atoms with Gasteiger partial charge in [-0.2, -0.15) is 0 Å². The van der Waals surface area contributed by atoms with Crippen molar-refractivity contribution in [3.63, 3.8) is 0 Å². The summed E-state index contributed by atoms with van der Waals surface area (Å²) in [7, 11) is 0. The van der Waals surface area contributed by atoms with Gasteiger partial charge >= 0.3 is 0 Å². The smallest absolute Gasteiger partial charge is 0.278 e. The van der Waals surface area contributed by atoms with Crippen molar-refractivity contribution in [1.29, 1.82) is 0 Å². The number of anilines is 2. The molecule has 24 heavy (non-hydrogen) atoms. The number of amides is 1. The van der Waals surface area contributed by atoms with Gasteiger partial charge in [0.1, 0.15) is 0 Å². The minimum atomic E-state index is -0.179. The van der Waals surface area contributed by atoms with Gasteiger partial charge in [0.05, 0.1) is 24.4 Å². The molecule has 6 nitrogen and oxygen atoms in total. The molecule has 2 aromatic rings. The highest BCUT2D eigenvalue weighted by Gasteiger charge is 2.28. The van der Waals surface area contributed by atoms with Crippen molar-refractivity contribution in [2.24, 2.45) is 0 Å². The SMILES string of the molecule is O=C(c1nc(N2CCOCC2)ncc1Cl)N1CCc2ccccc21. The van der Waals surface area contributed by atoms with Crippen LogP contribution in [0.2, 0.25) is 5.02 Å². The van der Waals surface area contributed by atoms with E-state index >= 15 is 0 Å². The first kappa shape index (κ1) is 15.4. The highest BCUT2D eigenvalue weighted by molar-refractivity contribution is 6.34. The minimum Gasteiger partial charge on any atom is -0.378 e. The van der Waals surface area contributed by atoms with E-state index in [1.54, 1.807) is 4.90 Å². The third-order valence-corrected chi connectivity index (χ3v) is 4.64. The second kappa shape index (κ2) is 6.37. The van der Waals surface area contributed by atoms with Gasteiger partial charge in [-0.1, -0.05) is 29.8 Å². The van der Waals surface area contributed by atoms with E-state index in [1.807, 2.05) is 29.2 Å². The summed E-state index contributed by atoms with van der Waals surface area (Å²) in [5, 5.41) is 0.279. The average Bonchev–Trinajstić information content (AvgIpc) is 3.06. The van der Waals surface area contributed by atoms with Crippen LogP contribution in [-0.2, 0) is 11.2 Å². The first-order valence-corrected chi connectivity index (χ1v) is 8.37. The van der Waals surface area contributed by atoms with Crippen LogP contribution in [0, 0.1) is 0 Å². The van der Waals surface area contributed by atoms with Crippen LogP contribution < -0.4 is 9.80 Å². The molecule has 1 saturated heterocycles. The molecule has 0 spiro atoms. The number of hydrogen-bond acceptors (Lipinski definition) is 5. The van der Waals surface area contributed by atoms with Gasteiger partial charge in [-0.3, -0.25) is 4.79 Å². The lowest BCUT2D eigenvalue weighted by Gasteiger charge is -2.27. The quantitative estimate of drug-likeness (QED) is 0.835. The van der Waals surface area contributed by atoms with Gasteiger partial charge in [0.2, 0.25) is 5.95 Å². The van der Waals surface area contributed by atoms with E-state index in [4.69, 9.17) is 16.3 Å². The van der Waals surface area contributed by atoms with Crippen LogP contribution in [0.5, 0.6) is 0 Å². The van der Waals surface area contributed by atoms with Gasteiger partial charge < -0.3 is 14.5 Å². The van der Waals surface area contributed by atoms with E-state index < -0.39 is 0 Å². The van der Waals surface area contributed by atoms with E-state index in [0.717, 1.165) is 12.1 Å². The maximum atomic E-state index is 13.0. The van der Waals surface area contributed by atoms with Crippen LogP contribution in [0.1, 0.15) is 16.1 Å². The Labute approximate surface area is 145 Å². The molecule has 1 aromatic carbocycles. The maximum absolute atomic E-state index is 13.0. The largest absolute Gasteiger partial charge is 0.378 e. The number of hydrogen-bond donors (Lipinski definition) is 0. The van der Waals surface area contributed by atoms with Crippen LogP contribution in [0.15, 0.2) is 30.5 Å². The second-order valence-corrected chi connectivity index (χ2v) is 6.21. The molecular formula is C17H17ClN4O2. The number of morpholine rings is 1. The van der Waals surface area contributed by atoms with Gasteiger partial charge in [-0.25, -0.2) is 9.97 Å². The monoisotopic (exact) mass is 344 g/mol. The molecule has 0 unspecified atom stereocenters. The lowest BCUT2D eigenvalue weighted by Crippen LogP contribution is -2.38. The number of ether oxygens (including phenoxy) is 1. The third-order valence-electron chi connectivity index (χ3n) is 4.36. The molecule has 124 valence electrons. The lowest BCUT2D eigenvalue weighted by molar-refractivity contribution is 0.0984. The fourth-order valence-electron chi connectivity index (χ4n) is 3.10. The number of benzene rings is 1. The van der Waals surface area contributed by atoms with Gasteiger partial charge in [0.25, 0.3) is 5.91 Å². The number of nitrogens with zero attached hydrogens (tertiary/aromatic N) is 4. The Kier molecular flexibility index (Phi) is 4.08. The maximum Gasteiger partial charge on any atom is 0.278 e. The zero-order valence-corrected chi connectivity index (χ0v) is 13.9. The number of carbonyl (C=O) groups excluding carboxylic acids is 1. The molecule has 1 fully saturated rings. The molecule has 7 heteroatoms. The Hall–Kier alpha value is -2.18. The molecule has 2 aliphatic rings. The Morgan fingerprint density at radius 1 is 1.17 bits per heavy atom. The molecule has 0 radical (unpaired) electrons. The normalized spacial score (nSPS) is 17.0. The Bertz CT molecular complexity index is 777. The summed E-state index contributed by atoms with van der Waals surface area (Å²) in [6.45, 7) is 3.33. The minimum absolute atomic E-state index is 0.179. The summed E-state index contributed by atoms with van der Waals surface area (Å²) in [4.78, 5) is 25.4. The van der Waals surface area contributed by atoms with Crippen LogP contribution in [-0.4, -0.2) is 48.7 Å². The summed E-state index contributed by atoms with van der Waals surface area (Å²) >= 11 is 6.22.